The van der Waals surface area contributed by atoms with Crippen LogP contribution in [0.5, 0.6) is 0 Å². The second-order valence-corrected chi connectivity index (χ2v) is 9.61. The molecule has 8 nitrogen and oxygen atoms in total. The molecule has 36 heavy (non-hydrogen) atoms. The van der Waals surface area contributed by atoms with Crippen molar-refractivity contribution < 1.29 is 19.5 Å². The van der Waals surface area contributed by atoms with Gasteiger partial charge in [0, 0.05) is 12.8 Å². The van der Waals surface area contributed by atoms with Crippen LogP contribution in [0.2, 0.25) is 0 Å². The van der Waals surface area contributed by atoms with Gasteiger partial charge in [0.1, 0.15) is 5.25 Å². The van der Waals surface area contributed by atoms with Gasteiger partial charge in [-0.05, 0) is 35.4 Å². The summed E-state index contributed by atoms with van der Waals surface area (Å²) in [4.78, 5) is 38.0. The van der Waals surface area contributed by atoms with E-state index in [9.17, 15) is 14.4 Å². The monoisotopic (exact) mass is 498 g/mol. The zero-order valence-electron chi connectivity index (χ0n) is 19.1. The molecule has 1 fully saturated rings. The topological polar surface area (TPSA) is 114 Å². The summed E-state index contributed by atoms with van der Waals surface area (Å²) in [6.07, 6.45) is 0.558. The highest BCUT2D eigenvalue weighted by atomic mass is 32.2. The second-order valence-electron chi connectivity index (χ2n) is 8.42. The number of anilines is 1. The molecule has 3 aromatic rings. The van der Waals surface area contributed by atoms with E-state index in [0.717, 1.165) is 33.5 Å². The molecule has 0 unspecified atom stereocenters. The third kappa shape index (κ3) is 4.52. The Kier molecular flexibility index (Phi) is 6.39. The molecule has 2 atom stereocenters. The molecule has 0 bridgehead atoms. The Morgan fingerprint density at radius 1 is 0.917 bits per heavy atom. The van der Waals surface area contributed by atoms with Crippen molar-refractivity contribution in [1.29, 1.82) is 5.41 Å². The number of carboxylic acid groups (broad SMARTS) is 1. The summed E-state index contributed by atoms with van der Waals surface area (Å²) in [6.45, 7) is 0. The van der Waals surface area contributed by atoms with E-state index >= 15 is 0 Å². The first-order chi connectivity index (χ1) is 17.4. The number of carboxylic acids is 1. The van der Waals surface area contributed by atoms with Gasteiger partial charge in [0.25, 0.3) is 0 Å². The first kappa shape index (κ1) is 23.5. The van der Waals surface area contributed by atoms with Crippen molar-refractivity contribution in [3.8, 4) is 0 Å². The molecule has 2 heterocycles. The quantitative estimate of drug-likeness (QED) is 0.303. The number of amidine groups is 1. The van der Waals surface area contributed by atoms with Crippen LogP contribution < -0.4 is 4.90 Å². The lowest BCUT2D eigenvalue weighted by atomic mass is 9.99. The van der Waals surface area contributed by atoms with Crippen LogP contribution in [0.3, 0.4) is 0 Å². The Morgan fingerprint density at radius 2 is 1.56 bits per heavy atom. The number of hydrogen-bond donors (Lipinski definition) is 2. The molecule has 2 aliphatic heterocycles. The van der Waals surface area contributed by atoms with Crippen molar-refractivity contribution in [3.63, 3.8) is 0 Å². The van der Waals surface area contributed by atoms with Gasteiger partial charge >= 0.3 is 5.97 Å². The summed E-state index contributed by atoms with van der Waals surface area (Å²) in [7, 11) is 0. The zero-order valence-corrected chi connectivity index (χ0v) is 19.9. The highest BCUT2D eigenvalue weighted by Gasteiger charge is 2.42. The third-order valence-electron chi connectivity index (χ3n) is 6.14. The highest BCUT2D eigenvalue weighted by molar-refractivity contribution is 8.14. The fourth-order valence-corrected chi connectivity index (χ4v) is 5.32. The number of nitrogens with one attached hydrogen (secondary N) is 1. The molecule has 3 aromatic carbocycles. The summed E-state index contributed by atoms with van der Waals surface area (Å²) in [6, 6.07) is 25.0. The van der Waals surface area contributed by atoms with Crippen LogP contribution in [0.1, 0.15) is 40.4 Å². The number of aromatic carboxylic acids is 1. The van der Waals surface area contributed by atoms with Crippen LogP contribution in [0.25, 0.3) is 0 Å². The minimum absolute atomic E-state index is 0.0499. The predicted octanol–water partition coefficient (Wildman–Crippen LogP) is 4.54. The van der Waals surface area contributed by atoms with E-state index < -0.39 is 17.1 Å². The van der Waals surface area contributed by atoms with Gasteiger partial charge in [0.2, 0.25) is 11.8 Å². The average molecular weight is 499 g/mol. The maximum atomic E-state index is 13.1. The Hall–Kier alpha value is -4.24. The Morgan fingerprint density at radius 3 is 2.19 bits per heavy atom. The van der Waals surface area contributed by atoms with Gasteiger partial charge in [-0.2, -0.15) is 5.10 Å². The summed E-state index contributed by atoms with van der Waals surface area (Å²) in [5.41, 5.74) is 3.22. The van der Waals surface area contributed by atoms with Crippen LogP contribution >= 0.6 is 11.8 Å². The predicted molar refractivity (Wildman–Crippen MR) is 138 cm³/mol. The summed E-state index contributed by atoms with van der Waals surface area (Å²) in [5.74, 6) is -1.90. The number of carbonyl (C=O) groups is 3. The lowest BCUT2D eigenvalue weighted by Gasteiger charge is -2.24. The van der Waals surface area contributed by atoms with E-state index in [0.29, 0.717) is 12.1 Å². The van der Waals surface area contributed by atoms with Gasteiger partial charge in [-0.25, -0.2) is 14.7 Å². The normalized spacial score (nSPS) is 19.5. The molecule has 0 radical (unpaired) electrons. The lowest BCUT2D eigenvalue weighted by Crippen LogP contribution is -2.32. The lowest BCUT2D eigenvalue weighted by molar-refractivity contribution is -0.121. The number of thioether (sulfide) groups is 1. The first-order valence-electron chi connectivity index (χ1n) is 11.3. The van der Waals surface area contributed by atoms with Crippen LogP contribution in [0.4, 0.5) is 5.69 Å². The van der Waals surface area contributed by atoms with Gasteiger partial charge in [-0.15, -0.1) is 0 Å². The van der Waals surface area contributed by atoms with E-state index in [4.69, 9.17) is 15.6 Å². The van der Waals surface area contributed by atoms with Crippen molar-refractivity contribution in [1.82, 2.24) is 5.01 Å². The highest BCUT2D eigenvalue weighted by Crippen LogP contribution is 2.37. The van der Waals surface area contributed by atoms with Crippen LogP contribution in [-0.4, -0.2) is 44.0 Å². The number of nitrogens with zero attached hydrogens (tertiary/aromatic N) is 3. The van der Waals surface area contributed by atoms with Crippen molar-refractivity contribution in [2.75, 3.05) is 4.90 Å². The number of carbonyl (C=O) groups excluding carboxylic acids is 2. The molecule has 0 spiro atoms. The fourth-order valence-electron chi connectivity index (χ4n) is 4.35. The van der Waals surface area contributed by atoms with Crippen LogP contribution in [0.15, 0.2) is 90.0 Å². The van der Waals surface area contributed by atoms with E-state index in [-0.39, 0.29) is 29.1 Å². The van der Waals surface area contributed by atoms with E-state index in [1.807, 2.05) is 60.7 Å². The molecule has 0 saturated carbocycles. The largest absolute Gasteiger partial charge is 0.478 e. The molecule has 2 amide bonds. The van der Waals surface area contributed by atoms with Crippen LogP contribution in [-0.2, 0) is 9.59 Å². The number of imide groups is 1. The molecule has 180 valence electrons. The van der Waals surface area contributed by atoms with Crippen molar-refractivity contribution in [3.05, 3.63) is 102 Å². The average Bonchev–Trinajstić information content (AvgIpc) is 3.46. The standard InChI is InChI=1S/C27H22N4O4S/c28-27(36-23-16-24(32)30(25(23)33)20-13-11-19(12-14-20)26(34)35)31-22(18-9-5-2-6-10-18)15-21(29-31)17-7-3-1-4-8-17/h1-14,22-23,28H,15-16H2,(H,34,35)/t22-,23+/m1/s1. The summed E-state index contributed by atoms with van der Waals surface area (Å²) < 4.78 is 0. The molecule has 0 aromatic heterocycles. The van der Waals surface area contributed by atoms with Gasteiger partial charge in [0.15, 0.2) is 5.17 Å². The molecule has 9 heteroatoms. The van der Waals surface area contributed by atoms with E-state index in [2.05, 4.69) is 0 Å². The smallest absolute Gasteiger partial charge is 0.335 e. The molecule has 2 N–H and O–H groups in total. The maximum Gasteiger partial charge on any atom is 0.335 e. The first-order valence-corrected chi connectivity index (χ1v) is 12.2. The van der Waals surface area contributed by atoms with Crippen LogP contribution in [0, 0.1) is 5.41 Å². The molecular weight excluding hydrogens is 476 g/mol. The molecule has 1 saturated heterocycles. The minimum atomic E-state index is -1.09. The maximum absolute atomic E-state index is 13.1. The van der Waals surface area contributed by atoms with E-state index in [1.165, 1.54) is 24.3 Å². The Labute approximate surface area is 211 Å². The van der Waals surface area contributed by atoms with Gasteiger partial charge in [-0.1, -0.05) is 72.4 Å². The molecule has 2 aliphatic rings. The SMILES string of the molecule is N=C(S[C@H]1CC(=O)N(c2ccc(C(=O)O)cc2)C1=O)N1N=C(c2ccccc2)C[C@@H]1c1ccccc1. The van der Waals surface area contributed by atoms with Gasteiger partial charge in [0.05, 0.1) is 23.0 Å². The van der Waals surface area contributed by atoms with E-state index in [1.54, 1.807) is 5.01 Å². The zero-order chi connectivity index (χ0) is 25.2. The number of amides is 2. The number of rotatable bonds is 5. The third-order valence-corrected chi connectivity index (χ3v) is 7.20. The van der Waals surface area contributed by atoms with Crippen molar-refractivity contribution in [2.45, 2.75) is 24.1 Å². The molecule has 0 aliphatic carbocycles. The Balaban J connectivity index is 1.37. The summed E-state index contributed by atoms with van der Waals surface area (Å²) >= 11 is 1.01. The number of benzene rings is 3. The van der Waals surface area contributed by atoms with Crippen molar-refractivity contribution in [2.24, 2.45) is 5.10 Å². The Bertz CT molecular complexity index is 1360. The van der Waals surface area contributed by atoms with Gasteiger partial charge in [-0.3, -0.25) is 15.0 Å². The summed E-state index contributed by atoms with van der Waals surface area (Å²) in [5, 5.41) is 23.6. The molecule has 5 rings (SSSR count). The fraction of sp³-hybridized carbons (Fsp3) is 0.148. The van der Waals surface area contributed by atoms with Gasteiger partial charge < -0.3 is 5.11 Å². The number of hydrogen-bond acceptors (Lipinski definition) is 6. The van der Waals surface area contributed by atoms with Crippen molar-refractivity contribution >= 4 is 46.1 Å². The minimum Gasteiger partial charge on any atom is -0.478 e. The number of hydrazone groups is 1. The molecular formula is C27H22N4O4S. The second kappa shape index (κ2) is 9.79.